The van der Waals surface area contributed by atoms with Crippen molar-refractivity contribution in [3.05, 3.63) is 18.3 Å². The lowest BCUT2D eigenvalue weighted by Gasteiger charge is -2.31. The lowest BCUT2D eigenvalue weighted by Crippen LogP contribution is -2.40. The van der Waals surface area contributed by atoms with Gasteiger partial charge in [-0.2, -0.15) is 4.31 Å². The van der Waals surface area contributed by atoms with Crippen LogP contribution in [-0.2, 0) is 14.8 Å². The average Bonchev–Trinajstić information content (AvgIpc) is 2.48. The molecule has 1 saturated heterocycles. The number of anilines is 1. The van der Waals surface area contributed by atoms with Gasteiger partial charge in [-0.25, -0.2) is 13.4 Å². The van der Waals surface area contributed by atoms with Crippen molar-refractivity contribution in [2.45, 2.75) is 30.8 Å². The fourth-order valence-corrected chi connectivity index (χ4v) is 3.82. The highest BCUT2D eigenvalue weighted by Crippen LogP contribution is 2.22. The number of nitrogens with zero attached hydrogens (tertiary/aromatic N) is 2. The number of hydrogen-bond donors (Lipinski definition) is 1. The van der Waals surface area contributed by atoms with E-state index in [1.807, 2.05) is 6.92 Å². The Morgan fingerprint density at radius 2 is 2.15 bits per heavy atom. The second kappa shape index (κ2) is 6.51. The monoisotopic (exact) mass is 299 g/mol. The quantitative estimate of drug-likeness (QED) is 0.887. The van der Waals surface area contributed by atoms with Crippen molar-refractivity contribution in [1.29, 1.82) is 0 Å². The molecule has 0 amide bonds. The Morgan fingerprint density at radius 3 is 2.75 bits per heavy atom. The van der Waals surface area contributed by atoms with E-state index in [-0.39, 0.29) is 11.0 Å². The molecule has 20 heavy (non-hydrogen) atoms. The van der Waals surface area contributed by atoms with Gasteiger partial charge in [0.05, 0.1) is 11.0 Å². The lowest BCUT2D eigenvalue weighted by atomic mass is 10.1. The summed E-state index contributed by atoms with van der Waals surface area (Å²) in [7, 11) is -1.72. The summed E-state index contributed by atoms with van der Waals surface area (Å²) in [6.45, 7) is 3.64. The Hall–Kier alpha value is -1.18. The smallest absolute Gasteiger partial charge is 0.243 e. The summed E-state index contributed by atoms with van der Waals surface area (Å²) < 4.78 is 32.2. The molecule has 0 radical (unpaired) electrons. The number of rotatable bonds is 5. The highest BCUT2D eigenvalue weighted by atomic mass is 32.2. The Morgan fingerprint density at radius 1 is 1.45 bits per heavy atom. The predicted molar refractivity (Wildman–Crippen MR) is 77.2 cm³/mol. The molecule has 6 nitrogen and oxygen atoms in total. The van der Waals surface area contributed by atoms with E-state index in [2.05, 4.69) is 10.3 Å². The van der Waals surface area contributed by atoms with Crippen LogP contribution in [0.5, 0.6) is 0 Å². The standard InChI is InChI=1S/C13H21N3O3S/c1-3-19-11-5-8-16(9-6-11)20(17,18)12-4-7-15-13(10-12)14-2/h4,7,10-11H,3,5-6,8-9H2,1-2H3,(H,14,15). The second-order valence-corrected chi connectivity index (χ2v) is 6.62. The summed E-state index contributed by atoms with van der Waals surface area (Å²) >= 11 is 0. The van der Waals surface area contributed by atoms with Gasteiger partial charge in [0, 0.05) is 39.0 Å². The van der Waals surface area contributed by atoms with Crippen molar-refractivity contribution in [3.63, 3.8) is 0 Å². The van der Waals surface area contributed by atoms with Crippen LogP contribution >= 0.6 is 0 Å². The van der Waals surface area contributed by atoms with Gasteiger partial charge in [0.25, 0.3) is 0 Å². The zero-order valence-corrected chi connectivity index (χ0v) is 12.7. The molecule has 1 aliphatic rings. The Balaban J connectivity index is 2.11. The minimum Gasteiger partial charge on any atom is -0.378 e. The summed E-state index contributed by atoms with van der Waals surface area (Å²) in [5.41, 5.74) is 0. The normalized spacial score (nSPS) is 18.1. The van der Waals surface area contributed by atoms with Crippen LogP contribution in [-0.4, -0.2) is 50.6 Å². The first-order valence-corrected chi connectivity index (χ1v) is 8.27. The first-order chi connectivity index (χ1) is 9.57. The molecular formula is C13H21N3O3S. The molecule has 0 atom stereocenters. The van der Waals surface area contributed by atoms with Gasteiger partial charge in [-0.1, -0.05) is 0 Å². The van der Waals surface area contributed by atoms with Crippen LogP contribution in [0.2, 0.25) is 0 Å². The van der Waals surface area contributed by atoms with Gasteiger partial charge in [0.15, 0.2) is 0 Å². The van der Waals surface area contributed by atoms with Crippen LogP contribution in [0.15, 0.2) is 23.2 Å². The maximum Gasteiger partial charge on any atom is 0.243 e. The molecule has 7 heteroatoms. The van der Waals surface area contributed by atoms with Crippen LogP contribution in [0.25, 0.3) is 0 Å². The second-order valence-electron chi connectivity index (χ2n) is 4.69. The molecule has 112 valence electrons. The topological polar surface area (TPSA) is 71.5 Å². The molecule has 2 rings (SSSR count). The Labute approximate surface area is 120 Å². The SMILES string of the molecule is CCOC1CCN(S(=O)(=O)c2ccnc(NC)c2)CC1. The molecule has 2 heterocycles. The van der Waals surface area contributed by atoms with Crippen molar-refractivity contribution in [2.75, 3.05) is 32.1 Å². The third-order valence-electron chi connectivity index (χ3n) is 3.43. The third-order valence-corrected chi connectivity index (χ3v) is 5.32. The minimum absolute atomic E-state index is 0.178. The van der Waals surface area contributed by atoms with E-state index in [4.69, 9.17) is 4.74 Å². The van der Waals surface area contributed by atoms with Gasteiger partial charge in [0.1, 0.15) is 5.82 Å². The van der Waals surface area contributed by atoms with Crippen molar-refractivity contribution >= 4 is 15.8 Å². The number of nitrogens with one attached hydrogen (secondary N) is 1. The van der Waals surface area contributed by atoms with Crippen LogP contribution in [0, 0.1) is 0 Å². The van der Waals surface area contributed by atoms with E-state index in [1.165, 1.54) is 16.6 Å². The molecular weight excluding hydrogens is 278 g/mol. The summed E-state index contributed by atoms with van der Waals surface area (Å²) in [4.78, 5) is 4.32. The van der Waals surface area contributed by atoms with Crippen LogP contribution in [0.1, 0.15) is 19.8 Å². The zero-order chi connectivity index (χ0) is 14.6. The van der Waals surface area contributed by atoms with Crippen molar-refractivity contribution in [2.24, 2.45) is 0 Å². The fraction of sp³-hybridized carbons (Fsp3) is 0.615. The van der Waals surface area contributed by atoms with Crippen molar-refractivity contribution in [1.82, 2.24) is 9.29 Å². The van der Waals surface area contributed by atoms with Crippen molar-refractivity contribution in [3.8, 4) is 0 Å². The minimum atomic E-state index is -3.44. The van der Waals surface area contributed by atoms with Crippen molar-refractivity contribution < 1.29 is 13.2 Å². The van der Waals surface area contributed by atoms with Gasteiger partial charge < -0.3 is 10.1 Å². The van der Waals surface area contributed by atoms with E-state index in [0.29, 0.717) is 25.5 Å². The van der Waals surface area contributed by atoms with Gasteiger partial charge in [-0.05, 0) is 25.8 Å². The molecule has 1 N–H and O–H groups in total. The molecule has 0 spiro atoms. The predicted octanol–water partition coefficient (Wildman–Crippen LogP) is 1.31. The molecule has 0 bridgehead atoms. The molecule has 1 aliphatic heterocycles. The van der Waals surface area contributed by atoms with E-state index >= 15 is 0 Å². The number of aromatic nitrogens is 1. The first-order valence-electron chi connectivity index (χ1n) is 6.83. The van der Waals surface area contributed by atoms with Gasteiger partial charge in [-0.15, -0.1) is 0 Å². The number of piperidine rings is 1. The maximum absolute atomic E-state index is 12.5. The fourth-order valence-electron chi connectivity index (χ4n) is 2.33. The van der Waals surface area contributed by atoms with E-state index in [0.717, 1.165) is 12.8 Å². The summed E-state index contributed by atoms with van der Waals surface area (Å²) in [6.07, 6.45) is 3.18. The number of sulfonamides is 1. The van der Waals surface area contributed by atoms with E-state index in [9.17, 15) is 8.42 Å². The van der Waals surface area contributed by atoms with Gasteiger partial charge >= 0.3 is 0 Å². The molecule has 1 aromatic rings. The van der Waals surface area contributed by atoms with Gasteiger partial charge in [-0.3, -0.25) is 0 Å². The molecule has 0 saturated carbocycles. The molecule has 1 aromatic heterocycles. The van der Waals surface area contributed by atoms with E-state index in [1.54, 1.807) is 13.1 Å². The summed E-state index contributed by atoms with van der Waals surface area (Å²) in [5, 5.41) is 2.85. The third kappa shape index (κ3) is 3.28. The summed E-state index contributed by atoms with van der Waals surface area (Å²) in [6, 6.07) is 3.09. The largest absolute Gasteiger partial charge is 0.378 e. The Bertz CT molecular complexity index is 540. The van der Waals surface area contributed by atoms with E-state index < -0.39 is 10.0 Å². The molecule has 0 aromatic carbocycles. The molecule has 0 unspecified atom stereocenters. The van der Waals surface area contributed by atoms with Crippen LogP contribution < -0.4 is 5.32 Å². The number of pyridine rings is 1. The number of ether oxygens (including phenoxy) is 1. The zero-order valence-electron chi connectivity index (χ0n) is 11.9. The highest BCUT2D eigenvalue weighted by Gasteiger charge is 2.29. The number of hydrogen-bond acceptors (Lipinski definition) is 5. The lowest BCUT2D eigenvalue weighted by molar-refractivity contribution is 0.0290. The van der Waals surface area contributed by atoms with Gasteiger partial charge in [0.2, 0.25) is 10.0 Å². The highest BCUT2D eigenvalue weighted by molar-refractivity contribution is 7.89. The Kier molecular flexibility index (Phi) is 4.95. The maximum atomic E-state index is 12.5. The average molecular weight is 299 g/mol. The molecule has 1 fully saturated rings. The van der Waals surface area contributed by atoms with Crippen LogP contribution in [0.3, 0.4) is 0 Å². The first kappa shape index (κ1) is 15.2. The molecule has 0 aliphatic carbocycles. The summed E-state index contributed by atoms with van der Waals surface area (Å²) in [5.74, 6) is 0.551. The van der Waals surface area contributed by atoms with Crippen LogP contribution in [0.4, 0.5) is 5.82 Å².